The zero-order valence-electron chi connectivity index (χ0n) is 18.3. The summed E-state index contributed by atoms with van der Waals surface area (Å²) in [6.07, 6.45) is -0.00814. The Morgan fingerprint density at radius 3 is 2.30 bits per heavy atom. The number of hydroxylamine groups is 1. The fourth-order valence-electron chi connectivity index (χ4n) is 4.55. The van der Waals surface area contributed by atoms with Gasteiger partial charge in [-0.15, -0.1) is 0 Å². The van der Waals surface area contributed by atoms with E-state index < -0.39 is 18.1 Å². The van der Waals surface area contributed by atoms with Gasteiger partial charge in [-0.25, -0.2) is 9.96 Å². The largest absolute Gasteiger partial charge is 0.496 e. The van der Waals surface area contributed by atoms with E-state index in [9.17, 15) is 9.59 Å². The first-order chi connectivity index (χ1) is 16.0. The Kier molecular flexibility index (Phi) is 5.68. The highest BCUT2D eigenvalue weighted by molar-refractivity contribution is 9.10. The second-order valence-corrected chi connectivity index (χ2v) is 8.94. The number of amides is 2. The third-order valence-corrected chi connectivity index (χ3v) is 6.87. The number of carbonyl (C=O) groups is 2. The Balaban J connectivity index is 1.57. The third-order valence-electron chi connectivity index (χ3n) is 6.25. The van der Waals surface area contributed by atoms with Crippen molar-refractivity contribution < 1.29 is 19.2 Å². The maximum atomic E-state index is 13.7. The molecule has 2 aliphatic heterocycles. The van der Waals surface area contributed by atoms with Crippen molar-refractivity contribution in [2.75, 3.05) is 17.1 Å². The molecular formula is C26H23BrN2O4. The zero-order chi connectivity index (χ0) is 23.1. The molecule has 2 fully saturated rings. The maximum absolute atomic E-state index is 13.7. The van der Waals surface area contributed by atoms with Crippen LogP contribution in [0.2, 0.25) is 0 Å². The summed E-state index contributed by atoms with van der Waals surface area (Å²) in [5, 5.41) is 1.69. The lowest BCUT2D eigenvalue weighted by atomic mass is 9.90. The first-order valence-corrected chi connectivity index (χ1v) is 11.6. The molecule has 2 amide bonds. The van der Waals surface area contributed by atoms with Gasteiger partial charge in [0.2, 0.25) is 5.91 Å². The summed E-state index contributed by atoms with van der Waals surface area (Å²) in [5.74, 6) is -0.592. The SMILES string of the molecule is CCc1ccc(N2C(=O)[C@H]3[C@H](ON(c4ccccc4)[C@H]3c3ccc(OC)c(Br)c3)C2=O)cc1. The summed E-state index contributed by atoms with van der Waals surface area (Å²) in [5.41, 5.74) is 3.35. The van der Waals surface area contributed by atoms with Crippen LogP contribution in [0.25, 0.3) is 0 Å². The van der Waals surface area contributed by atoms with Crippen LogP contribution in [0.5, 0.6) is 5.75 Å². The molecule has 0 aromatic heterocycles. The van der Waals surface area contributed by atoms with Crippen LogP contribution in [-0.4, -0.2) is 25.0 Å². The number of carbonyl (C=O) groups excluding carboxylic acids is 2. The molecule has 0 aliphatic carbocycles. The molecule has 0 radical (unpaired) electrons. The predicted octanol–water partition coefficient (Wildman–Crippen LogP) is 5.07. The molecule has 3 aromatic rings. The number of methoxy groups -OCH3 is 1. The molecule has 168 valence electrons. The first kappa shape index (κ1) is 21.7. The molecule has 3 aromatic carbocycles. The summed E-state index contributed by atoms with van der Waals surface area (Å²) >= 11 is 3.55. The standard InChI is InChI=1S/C26H23BrN2O4/c1-3-16-9-12-18(13-10-16)28-25(30)22-23(17-11-14-21(32-2)20(27)15-17)29(33-24(22)26(28)31)19-7-5-4-6-8-19/h4-15,22-24H,3H2,1-2H3/t22-,23+,24+/m1/s1. The second kappa shape index (κ2) is 8.65. The van der Waals surface area contributed by atoms with E-state index in [0.717, 1.165) is 27.7 Å². The smallest absolute Gasteiger partial charge is 0.266 e. The van der Waals surface area contributed by atoms with Gasteiger partial charge < -0.3 is 4.74 Å². The van der Waals surface area contributed by atoms with Crippen LogP contribution in [0.1, 0.15) is 24.1 Å². The van der Waals surface area contributed by atoms with Gasteiger partial charge in [0.25, 0.3) is 5.91 Å². The fraction of sp³-hybridized carbons (Fsp3) is 0.231. The Labute approximate surface area is 200 Å². The lowest BCUT2D eigenvalue weighted by molar-refractivity contribution is -0.126. The molecule has 0 unspecified atom stereocenters. The monoisotopic (exact) mass is 506 g/mol. The lowest BCUT2D eigenvalue weighted by Gasteiger charge is -2.29. The molecule has 2 heterocycles. The molecule has 0 saturated carbocycles. The summed E-state index contributed by atoms with van der Waals surface area (Å²) in [7, 11) is 1.60. The van der Waals surface area contributed by atoms with Gasteiger partial charge in [-0.05, 0) is 69.9 Å². The highest BCUT2D eigenvalue weighted by atomic mass is 79.9. The van der Waals surface area contributed by atoms with Crippen molar-refractivity contribution >= 4 is 39.1 Å². The molecule has 2 saturated heterocycles. The van der Waals surface area contributed by atoms with E-state index in [1.165, 1.54) is 4.90 Å². The number of hydrogen-bond donors (Lipinski definition) is 0. The number of rotatable bonds is 5. The molecule has 0 N–H and O–H groups in total. The Bertz CT molecular complexity index is 1200. The quantitative estimate of drug-likeness (QED) is 0.452. The summed E-state index contributed by atoms with van der Waals surface area (Å²) in [6.45, 7) is 2.06. The number of ether oxygens (including phenoxy) is 1. The van der Waals surface area contributed by atoms with Crippen molar-refractivity contribution in [3.8, 4) is 5.75 Å². The van der Waals surface area contributed by atoms with Gasteiger partial charge in [0.1, 0.15) is 11.7 Å². The van der Waals surface area contributed by atoms with E-state index in [1.54, 1.807) is 12.2 Å². The minimum Gasteiger partial charge on any atom is -0.496 e. The number of benzene rings is 3. The average Bonchev–Trinajstić information content (AvgIpc) is 3.35. The first-order valence-electron chi connectivity index (χ1n) is 10.8. The number of hydrogen-bond acceptors (Lipinski definition) is 5. The highest BCUT2D eigenvalue weighted by Gasteiger charge is 2.60. The number of nitrogens with zero attached hydrogens (tertiary/aromatic N) is 2. The van der Waals surface area contributed by atoms with Crippen LogP contribution in [0, 0.1) is 5.92 Å². The van der Waals surface area contributed by atoms with Gasteiger partial charge in [-0.1, -0.05) is 43.3 Å². The van der Waals surface area contributed by atoms with Gasteiger partial charge in [-0.2, -0.15) is 0 Å². The maximum Gasteiger partial charge on any atom is 0.266 e. The van der Waals surface area contributed by atoms with Crippen LogP contribution >= 0.6 is 15.9 Å². The number of anilines is 2. The topological polar surface area (TPSA) is 59.1 Å². The number of imide groups is 1. The molecule has 33 heavy (non-hydrogen) atoms. The van der Waals surface area contributed by atoms with Gasteiger partial charge in [0.05, 0.1) is 29.0 Å². The van der Waals surface area contributed by atoms with Crippen LogP contribution < -0.4 is 14.7 Å². The van der Waals surface area contributed by atoms with Crippen molar-refractivity contribution in [2.45, 2.75) is 25.5 Å². The molecule has 7 heteroatoms. The number of fused-ring (bicyclic) bond motifs is 1. The molecule has 3 atom stereocenters. The van der Waals surface area contributed by atoms with Crippen molar-refractivity contribution in [3.05, 3.63) is 88.4 Å². The van der Waals surface area contributed by atoms with Crippen molar-refractivity contribution in [1.29, 1.82) is 0 Å². The molecule has 5 rings (SSSR count). The van der Waals surface area contributed by atoms with E-state index in [2.05, 4.69) is 22.9 Å². The van der Waals surface area contributed by atoms with E-state index >= 15 is 0 Å². The molecule has 0 spiro atoms. The van der Waals surface area contributed by atoms with Crippen LogP contribution in [0.15, 0.2) is 77.3 Å². The van der Waals surface area contributed by atoms with Crippen LogP contribution in [0.3, 0.4) is 0 Å². The second-order valence-electron chi connectivity index (χ2n) is 8.08. The number of halogens is 1. The number of para-hydroxylation sites is 1. The predicted molar refractivity (Wildman–Crippen MR) is 129 cm³/mol. The number of aryl methyl sites for hydroxylation is 1. The summed E-state index contributed by atoms with van der Waals surface area (Å²) in [6, 6.07) is 22.3. The average molecular weight is 507 g/mol. The third kappa shape index (κ3) is 3.61. The van der Waals surface area contributed by atoms with Crippen LogP contribution in [0.4, 0.5) is 11.4 Å². The summed E-state index contributed by atoms with van der Waals surface area (Å²) in [4.78, 5) is 34.5. The van der Waals surface area contributed by atoms with Crippen molar-refractivity contribution in [2.24, 2.45) is 5.92 Å². The van der Waals surface area contributed by atoms with Crippen molar-refractivity contribution in [3.63, 3.8) is 0 Å². The van der Waals surface area contributed by atoms with Crippen LogP contribution in [-0.2, 0) is 20.8 Å². The molecule has 0 bridgehead atoms. The normalized spacial score (nSPS) is 22.1. The van der Waals surface area contributed by atoms with E-state index in [1.807, 2.05) is 72.8 Å². The molecule has 6 nitrogen and oxygen atoms in total. The van der Waals surface area contributed by atoms with Gasteiger partial charge in [0, 0.05) is 0 Å². The van der Waals surface area contributed by atoms with E-state index in [0.29, 0.717) is 11.4 Å². The van der Waals surface area contributed by atoms with Crippen molar-refractivity contribution in [1.82, 2.24) is 0 Å². The van der Waals surface area contributed by atoms with Gasteiger partial charge in [0.15, 0.2) is 6.10 Å². The highest BCUT2D eigenvalue weighted by Crippen LogP contribution is 2.48. The molecular weight excluding hydrogens is 484 g/mol. The Hall–Kier alpha value is -3.16. The minimum absolute atomic E-state index is 0.260. The Morgan fingerprint density at radius 1 is 0.939 bits per heavy atom. The molecule has 2 aliphatic rings. The van der Waals surface area contributed by atoms with Gasteiger partial charge >= 0.3 is 0 Å². The Morgan fingerprint density at radius 2 is 1.67 bits per heavy atom. The van der Waals surface area contributed by atoms with E-state index in [4.69, 9.17) is 9.57 Å². The lowest BCUT2D eigenvalue weighted by Crippen LogP contribution is -2.37. The van der Waals surface area contributed by atoms with E-state index in [-0.39, 0.29) is 11.8 Å². The summed E-state index contributed by atoms with van der Waals surface area (Å²) < 4.78 is 6.14. The van der Waals surface area contributed by atoms with Gasteiger partial charge in [-0.3, -0.25) is 14.4 Å². The fourth-order valence-corrected chi connectivity index (χ4v) is 5.11. The minimum atomic E-state index is -0.894. The zero-order valence-corrected chi connectivity index (χ0v) is 19.9.